The minimum atomic E-state index is 0.597. The van der Waals surface area contributed by atoms with Gasteiger partial charge in [0.2, 0.25) is 0 Å². The number of nitrogens with zero attached hydrogens (tertiary/aromatic N) is 2. The van der Waals surface area contributed by atoms with E-state index in [-0.39, 0.29) is 0 Å². The third kappa shape index (κ3) is 1.68. The minimum absolute atomic E-state index is 0.597. The molecular weight excluding hydrogens is 148 g/mol. The summed E-state index contributed by atoms with van der Waals surface area (Å²) >= 11 is 0. The molecule has 1 aromatic heterocycles. The Morgan fingerprint density at radius 3 is 2.67 bits per heavy atom. The monoisotopic (exact) mass is 166 g/mol. The fourth-order valence-electron chi connectivity index (χ4n) is 1.51. The third-order valence-corrected chi connectivity index (χ3v) is 2.20. The van der Waals surface area contributed by atoms with Crippen molar-refractivity contribution in [2.75, 3.05) is 0 Å². The van der Waals surface area contributed by atoms with E-state index >= 15 is 0 Å². The van der Waals surface area contributed by atoms with E-state index in [0.717, 1.165) is 6.42 Å². The Labute approximate surface area is 74.6 Å². The molecule has 0 fully saturated rings. The highest BCUT2D eigenvalue weighted by Crippen LogP contribution is 2.19. The van der Waals surface area contributed by atoms with E-state index in [0.29, 0.717) is 5.92 Å². The molecule has 0 bridgehead atoms. The Morgan fingerprint density at radius 2 is 2.17 bits per heavy atom. The van der Waals surface area contributed by atoms with Crippen LogP contribution < -0.4 is 0 Å². The van der Waals surface area contributed by atoms with Crippen LogP contribution in [0.4, 0.5) is 0 Å². The molecular formula is C10H18N2. The molecule has 0 atom stereocenters. The molecule has 0 saturated carbocycles. The van der Waals surface area contributed by atoms with Gasteiger partial charge in [0.15, 0.2) is 0 Å². The Kier molecular flexibility index (Phi) is 2.90. The summed E-state index contributed by atoms with van der Waals surface area (Å²) in [5.41, 5.74) is 2.80. The summed E-state index contributed by atoms with van der Waals surface area (Å²) in [5.74, 6) is 0.597. The highest BCUT2D eigenvalue weighted by molar-refractivity contribution is 5.21. The summed E-state index contributed by atoms with van der Waals surface area (Å²) in [4.78, 5) is 0. The lowest BCUT2D eigenvalue weighted by Gasteiger charge is -2.06. The van der Waals surface area contributed by atoms with Gasteiger partial charge < -0.3 is 0 Å². The fraction of sp³-hybridized carbons (Fsp3) is 0.700. The van der Waals surface area contributed by atoms with Crippen molar-refractivity contribution in [1.29, 1.82) is 0 Å². The van der Waals surface area contributed by atoms with Crippen LogP contribution in [0.3, 0.4) is 0 Å². The lowest BCUT2D eigenvalue weighted by atomic mass is 10.0. The van der Waals surface area contributed by atoms with Crippen LogP contribution in [0.25, 0.3) is 0 Å². The Hall–Kier alpha value is -0.790. The maximum absolute atomic E-state index is 4.27. The molecule has 1 rings (SSSR count). The first-order valence-electron chi connectivity index (χ1n) is 4.67. The van der Waals surface area contributed by atoms with Crippen LogP contribution in [0.5, 0.6) is 0 Å². The molecule has 2 heteroatoms. The van der Waals surface area contributed by atoms with E-state index < -0.39 is 0 Å². The molecule has 0 spiro atoms. The predicted octanol–water partition coefficient (Wildman–Crippen LogP) is 2.50. The van der Waals surface area contributed by atoms with Gasteiger partial charge in [0.1, 0.15) is 0 Å². The van der Waals surface area contributed by atoms with Crippen molar-refractivity contribution in [2.45, 2.75) is 39.5 Å². The van der Waals surface area contributed by atoms with Gasteiger partial charge in [-0.2, -0.15) is 5.10 Å². The van der Waals surface area contributed by atoms with Crippen LogP contribution in [0, 0.1) is 0 Å². The number of rotatable bonds is 3. The Morgan fingerprint density at radius 1 is 1.50 bits per heavy atom. The zero-order valence-corrected chi connectivity index (χ0v) is 8.46. The summed E-state index contributed by atoms with van der Waals surface area (Å²) in [5, 5.41) is 4.27. The average molecular weight is 166 g/mol. The predicted molar refractivity (Wildman–Crippen MR) is 51.3 cm³/mol. The molecule has 1 heterocycles. The zero-order chi connectivity index (χ0) is 9.14. The molecule has 0 N–H and O–H groups in total. The molecule has 0 aromatic carbocycles. The molecule has 0 radical (unpaired) electrons. The summed E-state index contributed by atoms with van der Waals surface area (Å²) in [6.07, 6.45) is 4.33. The summed E-state index contributed by atoms with van der Waals surface area (Å²) in [6, 6.07) is 0. The molecule has 12 heavy (non-hydrogen) atoms. The first-order chi connectivity index (χ1) is 5.66. The van der Waals surface area contributed by atoms with Crippen LogP contribution in [-0.4, -0.2) is 9.78 Å². The highest BCUT2D eigenvalue weighted by Gasteiger charge is 2.09. The molecule has 2 nitrogen and oxygen atoms in total. The van der Waals surface area contributed by atoms with Crippen molar-refractivity contribution in [3.8, 4) is 0 Å². The topological polar surface area (TPSA) is 17.8 Å². The molecule has 0 aliphatic carbocycles. The molecule has 0 aliphatic heterocycles. The van der Waals surface area contributed by atoms with Crippen LogP contribution >= 0.6 is 0 Å². The quantitative estimate of drug-likeness (QED) is 0.674. The number of hydrogen-bond donors (Lipinski definition) is 0. The van der Waals surface area contributed by atoms with Crippen molar-refractivity contribution >= 4 is 0 Å². The van der Waals surface area contributed by atoms with Gasteiger partial charge in [0.05, 0.1) is 6.20 Å². The van der Waals surface area contributed by atoms with Gasteiger partial charge in [0, 0.05) is 12.7 Å². The normalized spacial score (nSPS) is 11.1. The number of hydrogen-bond acceptors (Lipinski definition) is 1. The van der Waals surface area contributed by atoms with Gasteiger partial charge in [-0.25, -0.2) is 0 Å². The molecule has 68 valence electrons. The van der Waals surface area contributed by atoms with Gasteiger partial charge >= 0.3 is 0 Å². The van der Waals surface area contributed by atoms with Crippen LogP contribution in [0.15, 0.2) is 6.20 Å². The van der Waals surface area contributed by atoms with Gasteiger partial charge in [-0.15, -0.1) is 0 Å². The summed E-state index contributed by atoms with van der Waals surface area (Å²) < 4.78 is 2.00. The summed E-state index contributed by atoms with van der Waals surface area (Å²) in [7, 11) is 2.02. The van der Waals surface area contributed by atoms with Crippen LogP contribution in [0.1, 0.15) is 44.4 Å². The van der Waals surface area contributed by atoms with Crippen LogP contribution in [-0.2, 0) is 13.5 Å². The second-order valence-corrected chi connectivity index (χ2v) is 3.57. The van der Waals surface area contributed by atoms with Gasteiger partial charge in [-0.1, -0.05) is 27.2 Å². The standard InChI is InChI=1S/C10H18N2/c1-5-6-10-9(8(2)3)7-11-12(10)4/h7-8H,5-6H2,1-4H3. The van der Waals surface area contributed by atoms with Gasteiger partial charge in [0.25, 0.3) is 0 Å². The number of aromatic nitrogens is 2. The fourth-order valence-corrected chi connectivity index (χ4v) is 1.51. The maximum Gasteiger partial charge on any atom is 0.0527 e. The zero-order valence-electron chi connectivity index (χ0n) is 8.46. The lowest BCUT2D eigenvalue weighted by Crippen LogP contribution is -2.00. The maximum atomic E-state index is 4.27. The number of aryl methyl sites for hydroxylation is 1. The van der Waals surface area contributed by atoms with Crippen LogP contribution in [0.2, 0.25) is 0 Å². The second-order valence-electron chi connectivity index (χ2n) is 3.57. The summed E-state index contributed by atoms with van der Waals surface area (Å²) in [6.45, 7) is 6.64. The first kappa shape index (κ1) is 9.30. The smallest absolute Gasteiger partial charge is 0.0527 e. The van der Waals surface area contributed by atoms with Crippen molar-refractivity contribution in [1.82, 2.24) is 9.78 Å². The van der Waals surface area contributed by atoms with Crippen molar-refractivity contribution in [3.63, 3.8) is 0 Å². The molecule has 0 aliphatic rings. The third-order valence-electron chi connectivity index (χ3n) is 2.20. The average Bonchev–Trinajstić information content (AvgIpc) is 2.34. The van der Waals surface area contributed by atoms with E-state index in [1.807, 2.05) is 17.9 Å². The van der Waals surface area contributed by atoms with Crippen molar-refractivity contribution < 1.29 is 0 Å². The largest absolute Gasteiger partial charge is 0.272 e. The van der Waals surface area contributed by atoms with E-state index in [1.165, 1.54) is 17.7 Å². The first-order valence-corrected chi connectivity index (χ1v) is 4.67. The van der Waals surface area contributed by atoms with E-state index in [9.17, 15) is 0 Å². The highest BCUT2D eigenvalue weighted by atomic mass is 15.3. The lowest BCUT2D eigenvalue weighted by molar-refractivity contribution is 0.688. The molecule has 0 unspecified atom stereocenters. The Balaban J connectivity index is 2.95. The second kappa shape index (κ2) is 3.74. The molecule has 0 saturated heterocycles. The minimum Gasteiger partial charge on any atom is -0.272 e. The van der Waals surface area contributed by atoms with E-state index in [2.05, 4.69) is 25.9 Å². The Bertz CT molecular complexity index is 248. The van der Waals surface area contributed by atoms with Crippen molar-refractivity contribution in [3.05, 3.63) is 17.5 Å². The van der Waals surface area contributed by atoms with E-state index in [1.54, 1.807) is 0 Å². The van der Waals surface area contributed by atoms with Gasteiger partial charge in [-0.05, 0) is 17.9 Å². The van der Waals surface area contributed by atoms with E-state index in [4.69, 9.17) is 0 Å². The molecule has 0 amide bonds. The van der Waals surface area contributed by atoms with Gasteiger partial charge in [-0.3, -0.25) is 4.68 Å². The molecule has 1 aromatic rings. The van der Waals surface area contributed by atoms with Crippen molar-refractivity contribution in [2.24, 2.45) is 7.05 Å². The SMILES string of the molecule is CCCc1c(C(C)C)cnn1C.